The number of hydrogen-bond donors (Lipinski definition) is 3. The Labute approximate surface area is 131 Å². The minimum absolute atomic E-state index is 0.240. The number of aryl methyl sites for hydroxylation is 1. The summed E-state index contributed by atoms with van der Waals surface area (Å²) in [6.45, 7) is 5.41. The Kier molecular flexibility index (Phi) is 4.87. The minimum atomic E-state index is -0.240. The van der Waals surface area contributed by atoms with Crippen LogP contribution in [-0.2, 0) is 6.54 Å². The van der Waals surface area contributed by atoms with E-state index in [9.17, 15) is 5.11 Å². The molecule has 22 heavy (non-hydrogen) atoms. The summed E-state index contributed by atoms with van der Waals surface area (Å²) < 4.78 is 1.91. The number of aliphatic hydroxyl groups excluding tert-OH is 1. The number of aliphatic hydroxyl groups is 1. The molecule has 118 valence electrons. The van der Waals surface area contributed by atoms with Crippen molar-refractivity contribution >= 4 is 0 Å². The average molecular weight is 300 g/mol. The summed E-state index contributed by atoms with van der Waals surface area (Å²) in [7, 11) is 0. The second-order valence-corrected chi connectivity index (χ2v) is 6.08. The lowest BCUT2D eigenvalue weighted by atomic mass is 9.95. The first-order valence-electron chi connectivity index (χ1n) is 7.92. The van der Waals surface area contributed by atoms with Gasteiger partial charge in [-0.1, -0.05) is 12.1 Å². The van der Waals surface area contributed by atoms with E-state index >= 15 is 0 Å². The van der Waals surface area contributed by atoms with E-state index in [-0.39, 0.29) is 6.10 Å². The van der Waals surface area contributed by atoms with E-state index in [2.05, 4.69) is 47.1 Å². The van der Waals surface area contributed by atoms with Gasteiger partial charge in [-0.15, -0.1) is 0 Å². The number of nitrogens with one attached hydrogen (secondary N) is 2. The summed E-state index contributed by atoms with van der Waals surface area (Å²) in [5.74, 6) is 0.341. The SMILES string of the molecule is Cc1cccc(-n2cc(CNC[C@@H]3CCNC[C@H]3O)cn2)c1. The molecule has 0 radical (unpaired) electrons. The van der Waals surface area contributed by atoms with E-state index in [0.29, 0.717) is 12.5 Å². The molecule has 1 fully saturated rings. The normalized spacial score (nSPS) is 21.9. The zero-order chi connectivity index (χ0) is 15.4. The zero-order valence-corrected chi connectivity index (χ0v) is 13.0. The van der Waals surface area contributed by atoms with Crippen LogP contribution in [0.2, 0.25) is 0 Å². The van der Waals surface area contributed by atoms with Gasteiger partial charge in [0.2, 0.25) is 0 Å². The van der Waals surface area contributed by atoms with Gasteiger partial charge in [0.15, 0.2) is 0 Å². The summed E-state index contributed by atoms with van der Waals surface area (Å²) in [4.78, 5) is 0. The first-order valence-corrected chi connectivity index (χ1v) is 7.92. The van der Waals surface area contributed by atoms with Crippen molar-refractivity contribution < 1.29 is 5.11 Å². The fourth-order valence-corrected chi connectivity index (χ4v) is 2.90. The molecule has 1 aliphatic heterocycles. The van der Waals surface area contributed by atoms with Crippen molar-refractivity contribution in [3.63, 3.8) is 0 Å². The molecule has 0 bridgehead atoms. The Morgan fingerprint density at radius 1 is 1.45 bits per heavy atom. The lowest BCUT2D eigenvalue weighted by Crippen LogP contribution is -2.44. The van der Waals surface area contributed by atoms with Crippen molar-refractivity contribution in [2.45, 2.75) is 26.0 Å². The van der Waals surface area contributed by atoms with Crippen LogP contribution >= 0.6 is 0 Å². The van der Waals surface area contributed by atoms with E-state index in [1.54, 1.807) is 0 Å². The molecule has 0 saturated carbocycles. The van der Waals surface area contributed by atoms with Crippen LogP contribution in [0.5, 0.6) is 0 Å². The second-order valence-electron chi connectivity index (χ2n) is 6.08. The molecule has 0 aliphatic carbocycles. The van der Waals surface area contributed by atoms with Crippen LogP contribution in [0.1, 0.15) is 17.5 Å². The van der Waals surface area contributed by atoms with Gasteiger partial charge in [0.05, 0.1) is 18.0 Å². The highest BCUT2D eigenvalue weighted by Crippen LogP contribution is 2.12. The largest absolute Gasteiger partial charge is 0.391 e. The Bertz CT molecular complexity index is 610. The highest BCUT2D eigenvalue weighted by Gasteiger charge is 2.21. The number of nitrogens with zero attached hydrogens (tertiary/aromatic N) is 2. The van der Waals surface area contributed by atoms with Gasteiger partial charge < -0.3 is 15.7 Å². The summed E-state index contributed by atoms with van der Waals surface area (Å²) in [6.07, 6.45) is 4.74. The van der Waals surface area contributed by atoms with Crippen LogP contribution in [0.3, 0.4) is 0 Å². The predicted octanol–water partition coefficient (Wildman–Crippen LogP) is 1.24. The number of hydrogen-bond acceptors (Lipinski definition) is 4. The van der Waals surface area contributed by atoms with Crippen molar-refractivity contribution in [2.24, 2.45) is 5.92 Å². The van der Waals surface area contributed by atoms with Gasteiger partial charge in [0, 0.05) is 31.4 Å². The van der Waals surface area contributed by atoms with Crippen molar-refractivity contribution in [3.8, 4) is 5.69 Å². The van der Waals surface area contributed by atoms with E-state index in [4.69, 9.17) is 0 Å². The molecular weight excluding hydrogens is 276 g/mol. The molecular formula is C17H24N4O. The Morgan fingerprint density at radius 3 is 3.18 bits per heavy atom. The fourth-order valence-electron chi connectivity index (χ4n) is 2.90. The maximum atomic E-state index is 9.93. The topological polar surface area (TPSA) is 62.1 Å². The molecule has 5 heteroatoms. The number of rotatable bonds is 5. The summed E-state index contributed by atoms with van der Waals surface area (Å²) >= 11 is 0. The molecule has 2 aromatic rings. The van der Waals surface area contributed by atoms with Gasteiger partial charge >= 0.3 is 0 Å². The second kappa shape index (κ2) is 7.05. The molecule has 1 saturated heterocycles. The number of aromatic nitrogens is 2. The van der Waals surface area contributed by atoms with Crippen LogP contribution in [0.15, 0.2) is 36.7 Å². The van der Waals surface area contributed by atoms with Gasteiger partial charge in [-0.3, -0.25) is 0 Å². The first kappa shape index (κ1) is 15.2. The molecule has 5 nitrogen and oxygen atoms in total. The quantitative estimate of drug-likeness (QED) is 0.777. The Morgan fingerprint density at radius 2 is 2.36 bits per heavy atom. The number of β-amino-alcohol motifs (C(OH)–C–C–N with tert-alkyl or cyclic N) is 1. The van der Waals surface area contributed by atoms with Gasteiger partial charge in [-0.05, 0) is 43.5 Å². The summed E-state index contributed by atoms with van der Waals surface area (Å²) in [5, 5.41) is 21.0. The van der Waals surface area contributed by atoms with Crippen LogP contribution in [0.25, 0.3) is 5.69 Å². The van der Waals surface area contributed by atoms with Crippen molar-refractivity contribution in [2.75, 3.05) is 19.6 Å². The zero-order valence-electron chi connectivity index (χ0n) is 13.0. The van der Waals surface area contributed by atoms with E-state index in [1.165, 1.54) is 5.56 Å². The van der Waals surface area contributed by atoms with Crippen molar-refractivity contribution in [1.82, 2.24) is 20.4 Å². The highest BCUT2D eigenvalue weighted by atomic mass is 16.3. The molecule has 0 spiro atoms. The summed E-state index contributed by atoms with van der Waals surface area (Å²) in [5.41, 5.74) is 3.47. The monoisotopic (exact) mass is 300 g/mol. The Hall–Kier alpha value is -1.69. The first-order chi connectivity index (χ1) is 10.7. The molecule has 1 aliphatic rings. The maximum absolute atomic E-state index is 9.93. The lowest BCUT2D eigenvalue weighted by molar-refractivity contribution is 0.0813. The van der Waals surface area contributed by atoms with E-state index in [1.807, 2.05) is 16.9 Å². The van der Waals surface area contributed by atoms with Gasteiger partial charge in [-0.2, -0.15) is 5.10 Å². The van der Waals surface area contributed by atoms with E-state index in [0.717, 1.165) is 37.3 Å². The molecule has 0 unspecified atom stereocenters. The Balaban J connectivity index is 1.53. The van der Waals surface area contributed by atoms with E-state index < -0.39 is 0 Å². The number of benzene rings is 1. The maximum Gasteiger partial charge on any atom is 0.0705 e. The van der Waals surface area contributed by atoms with Crippen LogP contribution in [-0.4, -0.2) is 40.6 Å². The fraction of sp³-hybridized carbons (Fsp3) is 0.471. The number of piperidine rings is 1. The predicted molar refractivity (Wildman–Crippen MR) is 87.0 cm³/mol. The third-order valence-corrected chi connectivity index (χ3v) is 4.23. The third kappa shape index (κ3) is 3.74. The van der Waals surface area contributed by atoms with Crippen LogP contribution in [0, 0.1) is 12.8 Å². The highest BCUT2D eigenvalue weighted by molar-refractivity contribution is 5.35. The van der Waals surface area contributed by atoms with Crippen molar-refractivity contribution in [1.29, 1.82) is 0 Å². The molecule has 2 atom stereocenters. The molecule has 1 aromatic heterocycles. The average Bonchev–Trinajstić information content (AvgIpc) is 2.98. The lowest BCUT2D eigenvalue weighted by Gasteiger charge is -2.28. The molecule has 0 amide bonds. The van der Waals surface area contributed by atoms with Gasteiger partial charge in [0.25, 0.3) is 0 Å². The minimum Gasteiger partial charge on any atom is -0.391 e. The van der Waals surface area contributed by atoms with Gasteiger partial charge in [-0.25, -0.2) is 4.68 Å². The molecule has 3 N–H and O–H groups in total. The smallest absolute Gasteiger partial charge is 0.0705 e. The third-order valence-electron chi connectivity index (χ3n) is 4.23. The molecule has 1 aromatic carbocycles. The molecule has 2 heterocycles. The van der Waals surface area contributed by atoms with Gasteiger partial charge in [0.1, 0.15) is 0 Å². The van der Waals surface area contributed by atoms with Crippen molar-refractivity contribution in [3.05, 3.63) is 47.8 Å². The van der Waals surface area contributed by atoms with Crippen LogP contribution < -0.4 is 10.6 Å². The molecule has 3 rings (SSSR count). The van der Waals surface area contributed by atoms with Crippen LogP contribution in [0.4, 0.5) is 0 Å². The summed E-state index contributed by atoms with van der Waals surface area (Å²) in [6, 6.07) is 8.31. The standard InChI is InChI=1S/C17H24N4O/c1-13-3-2-4-16(7-13)21-12-14(9-20-21)8-19-10-15-5-6-18-11-17(15)22/h2-4,7,9,12,15,17-19,22H,5-6,8,10-11H2,1H3/t15-,17+/m0/s1.